The summed E-state index contributed by atoms with van der Waals surface area (Å²) in [4.78, 5) is 24.5. The zero-order chi connectivity index (χ0) is 17.1. The fourth-order valence-electron chi connectivity index (χ4n) is 3.13. The van der Waals surface area contributed by atoms with Crippen molar-refractivity contribution in [1.82, 2.24) is 10.6 Å². The van der Waals surface area contributed by atoms with Crippen molar-refractivity contribution < 1.29 is 19.1 Å². The molecule has 6 heteroatoms. The lowest BCUT2D eigenvalue weighted by atomic mass is 9.92. The molecule has 2 amide bonds. The minimum absolute atomic E-state index is 0.0297. The second-order valence-electron chi connectivity index (χ2n) is 6.16. The molecule has 128 valence electrons. The quantitative estimate of drug-likeness (QED) is 0.831. The Hall–Kier alpha value is -2.34. The van der Waals surface area contributed by atoms with Crippen LogP contribution in [0.5, 0.6) is 0 Å². The maximum absolute atomic E-state index is 12.6. The highest BCUT2D eigenvalue weighted by Gasteiger charge is 2.33. The molecule has 0 saturated carbocycles. The zero-order valence-electron chi connectivity index (χ0n) is 13.9. The van der Waals surface area contributed by atoms with E-state index in [2.05, 4.69) is 10.6 Å². The van der Waals surface area contributed by atoms with Crippen LogP contribution in [0.15, 0.2) is 35.5 Å². The summed E-state index contributed by atoms with van der Waals surface area (Å²) in [7, 11) is 0. The molecular formula is C18H22N2O4. The molecule has 1 fully saturated rings. The van der Waals surface area contributed by atoms with Crippen molar-refractivity contribution in [3.05, 3.63) is 46.7 Å². The van der Waals surface area contributed by atoms with Crippen molar-refractivity contribution in [3.8, 4) is 0 Å². The molecule has 2 N–H and O–H groups in total. The molecule has 2 aliphatic heterocycles. The molecule has 2 heterocycles. The third kappa shape index (κ3) is 3.43. The van der Waals surface area contributed by atoms with Gasteiger partial charge in [0.05, 0.1) is 17.7 Å². The van der Waals surface area contributed by atoms with Crippen LogP contribution in [0.1, 0.15) is 36.9 Å². The van der Waals surface area contributed by atoms with Gasteiger partial charge < -0.3 is 20.1 Å². The Morgan fingerprint density at radius 1 is 1.33 bits per heavy atom. The van der Waals surface area contributed by atoms with Gasteiger partial charge in [-0.15, -0.1) is 0 Å². The van der Waals surface area contributed by atoms with Crippen LogP contribution < -0.4 is 10.6 Å². The Labute approximate surface area is 141 Å². The average Bonchev–Trinajstić information content (AvgIpc) is 3.06. The molecule has 0 spiro atoms. The van der Waals surface area contributed by atoms with E-state index in [9.17, 15) is 9.59 Å². The Bertz CT molecular complexity index is 677. The van der Waals surface area contributed by atoms with Crippen molar-refractivity contribution in [1.29, 1.82) is 0 Å². The van der Waals surface area contributed by atoms with Gasteiger partial charge in [-0.25, -0.2) is 9.59 Å². The number of hydrogen-bond acceptors (Lipinski definition) is 4. The molecule has 1 saturated heterocycles. The van der Waals surface area contributed by atoms with Gasteiger partial charge in [-0.05, 0) is 37.8 Å². The molecular weight excluding hydrogens is 308 g/mol. The molecule has 1 aromatic rings. The minimum Gasteiger partial charge on any atom is -0.459 e. The van der Waals surface area contributed by atoms with Crippen molar-refractivity contribution in [2.45, 2.75) is 38.8 Å². The Kier molecular flexibility index (Phi) is 4.85. The van der Waals surface area contributed by atoms with E-state index < -0.39 is 12.0 Å². The van der Waals surface area contributed by atoms with Crippen LogP contribution in [-0.4, -0.2) is 31.3 Å². The number of allylic oxidation sites excluding steroid dienone is 1. The summed E-state index contributed by atoms with van der Waals surface area (Å²) in [5.74, 6) is -0.427. The molecule has 0 aromatic heterocycles. The van der Waals surface area contributed by atoms with Crippen molar-refractivity contribution in [2.75, 3.05) is 13.2 Å². The molecule has 3 rings (SSSR count). The predicted octanol–water partition coefficient (Wildman–Crippen LogP) is 2.35. The standard InChI is InChI=1S/C18H22N2O4/c1-11-6-3-4-8-14(11)16-15(12(2)19-18(22)20-16)17(21)24-10-13-7-5-9-23-13/h3-4,6,8,13,16H,5,7,9-10H2,1-2H3,(H2,19,20,22)/t13-,16+/m1/s1. The summed E-state index contributed by atoms with van der Waals surface area (Å²) in [5, 5.41) is 5.48. The van der Waals surface area contributed by atoms with Crippen LogP contribution in [0.25, 0.3) is 0 Å². The number of carbonyl (C=O) groups excluding carboxylic acids is 2. The summed E-state index contributed by atoms with van der Waals surface area (Å²) in [6, 6.07) is 6.84. The summed E-state index contributed by atoms with van der Waals surface area (Å²) >= 11 is 0. The number of hydrogen-bond donors (Lipinski definition) is 2. The maximum Gasteiger partial charge on any atom is 0.338 e. The second-order valence-corrected chi connectivity index (χ2v) is 6.16. The lowest BCUT2D eigenvalue weighted by molar-refractivity contribution is -0.142. The van der Waals surface area contributed by atoms with Gasteiger partial charge in [0, 0.05) is 12.3 Å². The SMILES string of the molecule is CC1=C(C(=O)OC[C@H]2CCCO2)[C@H](c2ccccc2C)NC(=O)N1. The highest BCUT2D eigenvalue weighted by Crippen LogP contribution is 2.29. The van der Waals surface area contributed by atoms with Crippen LogP contribution in [0.4, 0.5) is 4.79 Å². The van der Waals surface area contributed by atoms with Gasteiger partial charge in [-0.1, -0.05) is 24.3 Å². The summed E-state index contributed by atoms with van der Waals surface area (Å²) < 4.78 is 10.9. The third-order valence-electron chi connectivity index (χ3n) is 4.41. The van der Waals surface area contributed by atoms with E-state index in [0.717, 1.165) is 24.0 Å². The molecule has 0 bridgehead atoms. The van der Waals surface area contributed by atoms with Crippen molar-refractivity contribution in [2.24, 2.45) is 0 Å². The predicted molar refractivity (Wildman–Crippen MR) is 88.2 cm³/mol. The summed E-state index contributed by atoms with van der Waals surface area (Å²) in [6.07, 6.45) is 1.87. The van der Waals surface area contributed by atoms with Crippen molar-refractivity contribution in [3.63, 3.8) is 0 Å². The number of amides is 2. The van der Waals surface area contributed by atoms with Gasteiger partial charge in [-0.2, -0.15) is 0 Å². The van der Waals surface area contributed by atoms with Crippen LogP contribution in [0, 0.1) is 6.92 Å². The first-order valence-corrected chi connectivity index (χ1v) is 8.19. The highest BCUT2D eigenvalue weighted by atomic mass is 16.6. The lowest BCUT2D eigenvalue weighted by Gasteiger charge is -2.29. The Morgan fingerprint density at radius 3 is 2.83 bits per heavy atom. The molecule has 24 heavy (non-hydrogen) atoms. The monoisotopic (exact) mass is 330 g/mol. The van der Waals surface area contributed by atoms with Gasteiger partial charge in [0.1, 0.15) is 6.61 Å². The first-order chi connectivity index (χ1) is 11.6. The molecule has 0 radical (unpaired) electrons. The third-order valence-corrected chi connectivity index (χ3v) is 4.41. The van der Waals surface area contributed by atoms with E-state index in [-0.39, 0.29) is 18.7 Å². The summed E-state index contributed by atoms with van der Waals surface area (Å²) in [5.41, 5.74) is 2.84. The molecule has 1 aromatic carbocycles. The first-order valence-electron chi connectivity index (χ1n) is 8.19. The number of esters is 1. The smallest absolute Gasteiger partial charge is 0.338 e. The second kappa shape index (κ2) is 7.05. The largest absolute Gasteiger partial charge is 0.459 e. The number of aryl methyl sites for hydroxylation is 1. The molecule has 6 nitrogen and oxygen atoms in total. The van der Waals surface area contributed by atoms with Crippen LogP contribution in [-0.2, 0) is 14.3 Å². The Balaban J connectivity index is 1.83. The molecule has 2 aliphatic rings. The number of urea groups is 1. The van der Waals surface area contributed by atoms with Gasteiger partial charge in [0.15, 0.2) is 0 Å². The summed E-state index contributed by atoms with van der Waals surface area (Å²) in [6.45, 7) is 4.62. The normalized spacial score (nSPS) is 23.7. The first kappa shape index (κ1) is 16.5. The van der Waals surface area contributed by atoms with E-state index in [4.69, 9.17) is 9.47 Å². The number of ether oxygens (including phenoxy) is 2. The molecule has 0 aliphatic carbocycles. The fourth-order valence-corrected chi connectivity index (χ4v) is 3.13. The Morgan fingerprint density at radius 2 is 2.12 bits per heavy atom. The van der Waals surface area contributed by atoms with E-state index in [0.29, 0.717) is 17.9 Å². The fraction of sp³-hybridized carbons (Fsp3) is 0.444. The van der Waals surface area contributed by atoms with E-state index in [1.807, 2.05) is 31.2 Å². The highest BCUT2D eigenvalue weighted by molar-refractivity contribution is 5.95. The van der Waals surface area contributed by atoms with E-state index >= 15 is 0 Å². The zero-order valence-corrected chi connectivity index (χ0v) is 13.9. The average molecular weight is 330 g/mol. The number of benzene rings is 1. The molecule has 0 unspecified atom stereocenters. The lowest BCUT2D eigenvalue weighted by Crippen LogP contribution is -2.45. The minimum atomic E-state index is -0.517. The van der Waals surface area contributed by atoms with Crippen LogP contribution in [0.3, 0.4) is 0 Å². The van der Waals surface area contributed by atoms with Crippen LogP contribution >= 0.6 is 0 Å². The van der Waals surface area contributed by atoms with E-state index in [1.54, 1.807) is 6.92 Å². The topological polar surface area (TPSA) is 76.7 Å². The van der Waals surface area contributed by atoms with Crippen LogP contribution in [0.2, 0.25) is 0 Å². The van der Waals surface area contributed by atoms with Crippen molar-refractivity contribution >= 4 is 12.0 Å². The number of rotatable bonds is 4. The van der Waals surface area contributed by atoms with Gasteiger partial charge >= 0.3 is 12.0 Å². The van der Waals surface area contributed by atoms with Gasteiger partial charge in [-0.3, -0.25) is 0 Å². The molecule has 2 atom stereocenters. The van der Waals surface area contributed by atoms with Gasteiger partial charge in [0.2, 0.25) is 0 Å². The van der Waals surface area contributed by atoms with Gasteiger partial charge in [0.25, 0.3) is 0 Å². The maximum atomic E-state index is 12.6. The van der Waals surface area contributed by atoms with E-state index in [1.165, 1.54) is 0 Å². The number of carbonyl (C=O) groups is 2. The number of nitrogens with one attached hydrogen (secondary N) is 2.